The molecule has 0 N–H and O–H groups in total. The van der Waals surface area contributed by atoms with Gasteiger partial charge in [0, 0.05) is 6.54 Å². The number of rotatable bonds is 0. The van der Waals surface area contributed by atoms with Crippen LogP contribution >= 0.6 is 0 Å². The molecular weight excluding hydrogens is 344 g/mol. The van der Waals surface area contributed by atoms with Gasteiger partial charge in [0.05, 0.1) is 0 Å². The molecule has 0 aromatic carbocycles. The summed E-state index contributed by atoms with van der Waals surface area (Å²) in [6.07, 6.45) is 2.76. The van der Waals surface area contributed by atoms with Gasteiger partial charge in [-0.1, -0.05) is 0 Å². The van der Waals surface area contributed by atoms with Gasteiger partial charge >= 0.3 is 21.1 Å². The van der Waals surface area contributed by atoms with Crippen molar-refractivity contribution in [3.8, 4) is 0 Å². The monoisotopic (exact) mass is 366 g/mol. The fourth-order valence-electron chi connectivity index (χ4n) is 2.39. The average molecular weight is 366 g/mol. The number of likely N-dealkylation sites (tertiary alicyclic amines) is 2. The summed E-state index contributed by atoms with van der Waals surface area (Å²) in [5.74, 6) is 0.948. The van der Waals surface area contributed by atoms with Crippen molar-refractivity contribution in [1.82, 2.24) is 9.80 Å². The van der Waals surface area contributed by atoms with Crippen LogP contribution in [0.1, 0.15) is 19.8 Å². The maximum Gasteiger partial charge on any atom is 2.00 e. The molecule has 0 aliphatic carbocycles. The fourth-order valence-corrected chi connectivity index (χ4v) is 2.39. The van der Waals surface area contributed by atoms with Gasteiger partial charge in [-0.2, -0.15) is 6.92 Å². The quantitative estimate of drug-likeness (QED) is 0.602. The molecule has 2 rings (SSSR count). The van der Waals surface area contributed by atoms with Crippen LogP contribution in [-0.4, -0.2) is 42.5 Å². The first kappa shape index (κ1) is 14.6. The van der Waals surface area contributed by atoms with Gasteiger partial charge in [0.2, 0.25) is 0 Å². The summed E-state index contributed by atoms with van der Waals surface area (Å²) in [5, 5.41) is 0. The molecule has 2 nitrogen and oxygen atoms in total. The Balaban J connectivity index is 0.000000531. The van der Waals surface area contributed by atoms with Gasteiger partial charge < -0.3 is 16.7 Å². The van der Waals surface area contributed by atoms with Crippen molar-refractivity contribution in [2.45, 2.75) is 25.8 Å². The average Bonchev–Trinajstić information content (AvgIpc) is 2.52. The molecule has 2 aliphatic rings. The van der Waals surface area contributed by atoms with E-state index in [1.54, 1.807) is 6.92 Å². The molecule has 2 aliphatic heterocycles. The summed E-state index contributed by atoms with van der Waals surface area (Å²) in [6, 6.07) is 0.758. The van der Waals surface area contributed by atoms with Crippen molar-refractivity contribution in [3.05, 3.63) is 14.0 Å². The molecule has 0 bridgehead atoms. The molecule has 2 fully saturated rings. The van der Waals surface area contributed by atoms with Crippen molar-refractivity contribution in [2.75, 3.05) is 26.7 Å². The Morgan fingerprint density at radius 1 is 1.14 bits per heavy atom. The van der Waals surface area contributed by atoms with Crippen LogP contribution in [0.5, 0.6) is 0 Å². The topological polar surface area (TPSA) is 6.48 Å². The first-order chi connectivity index (χ1) is 6.27. The van der Waals surface area contributed by atoms with Crippen molar-refractivity contribution >= 4 is 0 Å². The molecule has 14 heavy (non-hydrogen) atoms. The molecule has 0 aromatic rings. The predicted octanol–water partition coefficient (Wildman–Crippen LogP) is 1.64. The van der Waals surface area contributed by atoms with Crippen molar-refractivity contribution in [2.24, 2.45) is 5.92 Å². The smallest absolute Gasteiger partial charge is 0.455 e. The van der Waals surface area contributed by atoms with Gasteiger partial charge in [-0.25, -0.2) is 0 Å². The molecule has 2 heterocycles. The van der Waals surface area contributed by atoms with Gasteiger partial charge in [0.15, 0.2) is 0 Å². The maximum absolute atomic E-state index is 4.06. The third-order valence-electron chi connectivity index (χ3n) is 3.18. The van der Waals surface area contributed by atoms with Crippen LogP contribution in [0, 0.1) is 19.9 Å². The Hall–Kier alpha value is 0.608. The minimum Gasteiger partial charge on any atom is -0.455 e. The van der Waals surface area contributed by atoms with Crippen LogP contribution in [0.25, 0.3) is 0 Å². The van der Waals surface area contributed by atoms with E-state index in [2.05, 4.69) is 30.8 Å². The largest absolute Gasteiger partial charge is 2.00 e. The second kappa shape index (κ2) is 6.98. The third-order valence-corrected chi connectivity index (χ3v) is 3.18. The minimum atomic E-state index is 0. The van der Waals surface area contributed by atoms with Crippen LogP contribution in [0.3, 0.4) is 0 Å². The summed E-state index contributed by atoms with van der Waals surface area (Å²) >= 11 is 0. The number of hydrogen-bond donors (Lipinski definition) is 0. The van der Waals surface area contributed by atoms with Crippen molar-refractivity contribution in [3.63, 3.8) is 0 Å². The molecular formula is C11H22N2W. The zero-order valence-corrected chi connectivity index (χ0v) is 12.3. The second-order valence-corrected chi connectivity index (χ2v) is 3.98. The van der Waals surface area contributed by atoms with E-state index in [0.29, 0.717) is 0 Å². The van der Waals surface area contributed by atoms with Gasteiger partial charge in [0.1, 0.15) is 0 Å². The SMILES string of the molecule is [CH2-]C.[CH2-]N1CC[C@@H]2CCN(C)C[C@@H]21.[W+2]. The normalized spacial score (nSPS) is 32.6. The van der Waals surface area contributed by atoms with Gasteiger partial charge in [-0.15, -0.1) is 0 Å². The van der Waals surface area contributed by atoms with E-state index in [9.17, 15) is 0 Å². The summed E-state index contributed by atoms with van der Waals surface area (Å²) in [4.78, 5) is 4.70. The minimum absolute atomic E-state index is 0. The van der Waals surface area contributed by atoms with E-state index in [-0.39, 0.29) is 21.1 Å². The van der Waals surface area contributed by atoms with Crippen LogP contribution in [-0.2, 0) is 21.1 Å². The van der Waals surface area contributed by atoms with Crippen LogP contribution < -0.4 is 0 Å². The summed E-state index contributed by atoms with van der Waals surface area (Å²) in [7, 11) is 6.27. The molecule has 0 unspecified atom stereocenters. The fraction of sp³-hybridized carbons (Fsp3) is 0.818. The van der Waals surface area contributed by atoms with E-state index in [0.717, 1.165) is 12.0 Å². The summed E-state index contributed by atoms with van der Waals surface area (Å²) < 4.78 is 0. The summed E-state index contributed by atoms with van der Waals surface area (Å²) in [5.41, 5.74) is 0. The molecule has 0 aromatic heterocycles. The predicted molar refractivity (Wildman–Crippen MR) is 57.1 cm³/mol. The zero-order chi connectivity index (χ0) is 9.84. The molecule has 0 saturated carbocycles. The Kier molecular flexibility index (Phi) is 7.28. The van der Waals surface area contributed by atoms with E-state index in [1.807, 2.05) is 0 Å². The van der Waals surface area contributed by atoms with E-state index >= 15 is 0 Å². The molecule has 0 spiro atoms. The molecule has 2 atom stereocenters. The number of nitrogens with zero attached hydrogens (tertiary/aromatic N) is 2. The number of piperidine rings is 1. The Morgan fingerprint density at radius 3 is 2.36 bits per heavy atom. The Labute approximate surface area is 103 Å². The number of likely N-dealkylation sites (N-methyl/N-ethyl adjacent to an activating group) is 1. The number of hydrogen-bond acceptors (Lipinski definition) is 2. The maximum atomic E-state index is 4.06. The van der Waals surface area contributed by atoms with Crippen LogP contribution in [0.2, 0.25) is 0 Å². The molecule has 2 saturated heterocycles. The van der Waals surface area contributed by atoms with E-state index in [4.69, 9.17) is 0 Å². The first-order valence-corrected chi connectivity index (χ1v) is 5.24. The first-order valence-electron chi connectivity index (χ1n) is 5.24. The zero-order valence-electron chi connectivity index (χ0n) is 9.41. The van der Waals surface area contributed by atoms with Crippen molar-refractivity contribution < 1.29 is 21.1 Å². The van der Waals surface area contributed by atoms with Crippen molar-refractivity contribution in [1.29, 1.82) is 0 Å². The Bertz CT molecular complexity index is 152. The second-order valence-electron chi connectivity index (χ2n) is 3.98. The van der Waals surface area contributed by atoms with Crippen LogP contribution in [0.4, 0.5) is 0 Å². The third kappa shape index (κ3) is 3.32. The Morgan fingerprint density at radius 2 is 1.71 bits per heavy atom. The molecule has 0 radical (unpaired) electrons. The number of fused-ring (bicyclic) bond motifs is 1. The molecule has 0 amide bonds. The van der Waals surface area contributed by atoms with E-state index < -0.39 is 0 Å². The molecule has 3 heteroatoms. The summed E-state index contributed by atoms with van der Waals surface area (Å²) in [6.45, 7) is 8.73. The van der Waals surface area contributed by atoms with E-state index in [1.165, 1.54) is 32.5 Å². The molecule has 82 valence electrons. The standard InChI is InChI=1S/C9H17N2.C2H5.W/c1-10-5-3-8-4-6-11(2)9(8)7-10;1-2;/h8-9H,2-7H2,1H3;1H2,2H3;/q2*-1;+2/t8-,9-;;/m0../s1. The van der Waals surface area contributed by atoms with Gasteiger partial charge in [-0.05, 0) is 44.9 Å². The van der Waals surface area contributed by atoms with Crippen LogP contribution in [0.15, 0.2) is 0 Å². The van der Waals surface area contributed by atoms with Gasteiger partial charge in [0.25, 0.3) is 0 Å². The van der Waals surface area contributed by atoms with Gasteiger partial charge in [-0.3, -0.25) is 7.05 Å².